The van der Waals surface area contributed by atoms with Crippen LogP contribution in [0.2, 0.25) is 4.34 Å². The molecule has 1 aliphatic rings. The molecule has 0 radical (unpaired) electrons. The maximum Gasteiger partial charge on any atom is 0.326 e. The molecule has 0 bridgehead atoms. The highest BCUT2D eigenvalue weighted by molar-refractivity contribution is 7.16. The molecule has 116 valence electrons. The molecule has 1 aromatic rings. The van der Waals surface area contributed by atoms with Crippen LogP contribution in [-0.2, 0) is 16.1 Å². The van der Waals surface area contributed by atoms with Gasteiger partial charge in [0.15, 0.2) is 0 Å². The number of aliphatic carboxylic acids is 1. The quantitative estimate of drug-likeness (QED) is 0.917. The molecule has 0 aliphatic carbocycles. The second kappa shape index (κ2) is 6.64. The fraction of sp³-hybridized carbons (Fsp3) is 0.538. The third-order valence-electron chi connectivity index (χ3n) is 3.48. The predicted molar refractivity (Wildman–Crippen MR) is 79.7 cm³/mol. The van der Waals surface area contributed by atoms with Crippen LogP contribution in [0.4, 0.5) is 4.79 Å². The molecule has 2 atom stereocenters. The van der Waals surface area contributed by atoms with Crippen LogP contribution in [0.3, 0.4) is 0 Å². The van der Waals surface area contributed by atoms with Crippen LogP contribution in [0.5, 0.6) is 0 Å². The fourth-order valence-electron chi connectivity index (χ4n) is 2.37. The van der Waals surface area contributed by atoms with E-state index in [9.17, 15) is 14.7 Å². The van der Waals surface area contributed by atoms with Gasteiger partial charge in [-0.3, -0.25) is 0 Å². The summed E-state index contributed by atoms with van der Waals surface area (Å²) in [6.07, 6.45) is 0.0793. The Morgan fingerprint density at radius 3 is 2.81 bits per heavy atom. The second-order valence-corrected chi connectivity index (χ2v) is 6.74. The number of carbonyl (C=O) groups excluding carboxylic acids is 1. The number of urea groups is 1. The Hall–Kier alpha value is -1.31. The first-order valence-electron chi connectivity index (χ1n) is 6.44. The van der Waals surface area contributed by atoms with Crippen molar-refractivity contribution >= 4 is 34.9 Å². The van der Waals surface area contributed by atoms with E-state index in [1.165, 1.54) is 28.2 Å². The van der Waals surface area contributed by atoms with Crippen LogP contribution >= 0.6 is 22.9 Å². The Labute approximate surface area is 131 Å². The lowest BCUT2D eigenvalue weighted by atomic mass is 10.2. The summed E-state index contributed by atoms with van der Waals surface area (Å²) in [6, 6.07) is 2.48. The number of amides is 2. The summed E-state index contributed by atoms with van der Waals surface area (Å²) in [7, 11) is 3.17. The summed E-state index contributed by atoms with van der Waals surface area (Å²) in [6.45, 7) is 0.693. The van der Waals surface area contributed by atoms with Crippen molar-refractivity contribution in [3.8, 4) is 0 Å². The number of halogens is 1. The van der Waals surface area contributed by atoms with Crippen molar-refractivity contribution in [2.24, 2.45) is 0 Å². The van der Waals surface area contributed by atoms with Crippen molar-refractivity contribution in [2.75, 3.05) is 20.7 Å². The van der Waals surface area contributed by atoms with Crippen LogP contribution in [0.1, 0.15) is 11.3 Å². The van der Waals surface area contributed by atoms with Gasteiger partial charge in [-0.25, -0.2) is 9.59 Å². The van der Waals surface area contributed by atoms with Crippen LogP contribution in [-0.4, -0.2) is 59.8 Å². The summed E-state index contributed by atoms with van der Waals surface area (Å²) in [4.78, 5) is 27.5. The molecule has 2 heterocycles. The maximum absolute atomic E-state index is 12.4. The van der Waals surface area contributed by atoms with Gasteiger partial charge in [0.25, 0.3) is 0 Å². The highest BCUT2D eigenvalue weighted by atomic mass is 35.5. The van der Waals surface area contributed by atoms with E-state index in [1.807, 2.05) is 6.07 Å². The number of methoxy groups -OCH3 is 1. The number of hydrogen-bond acceptors (Lipinski definition) is 4. The Balaban J connectivity index is 2.05. The van der Waals surface area contributed by atoms with Gasteiger partial charge in [-0.05, 0) is 12.1 Å². The zero-order chi connectivity index (χ0) is 15.6. The molecule has 6 nitrogen and oxygen atoms in total. The van der Waals surface area contributed by atoms with E-state index in [2.05, 4.69) is 0 Å². The molecule has 2 unspecified atom stereocenters. The van der Waals surface area contributed by atoms with E-state index < -0.39 is 12.0 Å². The fourth-order valence-corrected chi connectivity index (χ4v) is 3.51. The minimum absolute atomic E-state index is 0.236. The van der Waals surface area contributed by atoms with Gasteiger partial charge in [0.2, 0.25) is 0 Å². The molecule has 0 spiro atoms. The predicted octanol–water partition coefficient (Wildman–Crippen LogP) is 2.13. The first kappa shape index (κ1) is 16.1. The van der Waals surface area contributed by atoms with Gasteiger partial charge in [-0.2, -0.15) is 0 Å². The standard InChI is InChI=1S/C13H17ClN2O4S/c1-15(7-9-3-4-11(14)21-9)13(19)16-6-8(20-2)5-10(16)12(17)18/h3-4,8,10H,5-7H2,1-2H3,(H,17,18). The number of rotatable bonds is 4. The molecule has 1 saturated heterocycles. The second-order valence-electron chi connectivity index (χ2n) is 4.94. The summed E-state index contributed by atoms with van der Waals surface area (Å²) in [5, 5.41) is 9.24. The number of likely N-dealkylation sites (tertiary alicyclic amines) is 1. The molecule has 1 N–H and O–H groups in total. The molecular weight excluding hydrogens is 316 g/mol. The third kappa shape index (κ3) is 3.66. The average Bonchev–Trinajstić information content (AvgIpc) is 3.04. The van der Waals surface area contributed by atoms with Gasteiger partial charge in [-0.1, -0.05) is 11.6 Å². The molecular formula is C13H17ClN2O4S. The first-order chi connectivity index (χ1) is 9.92. The lowest BCUT2D eigenvalue weighted by Gasteiger charge is -2.27. The third-order valence-corrected chi connectivity index (χ3v) is 4.69. The van der Waals surface area contributed by atoms with Crippen LogP contribution < -0.4 is 0 Å². The van der Waals surface area contributed by atoms with E-state index in [0.717, 1.165) is 4.88 Å². The summed E-state index contributed by atoms with van der Waals surface area (Å²) in [5.41, 5.74) is 0. The smallest absolute Gasteiger partial charge is 0.326 e. The van der Waals surface area contributed by atoms with Crippen molar-refractivity contribution < 1.29 is 19.4 Å². The van der Waals surface area contributed by atoms with E-state index in [4.69, 9.17) is 16.3 Å². The number of nitrogens with zero attached hydrogens (tertiary/aromatic N) is 2. The van der Waals surface area contributed by atoms with Crippen molar-refractivity contribution in [1.82, 2.24) is 9.80 Å². The zero-order valence-electron chi connectivity index (χ0n) is 11.8. The summed E-state index contributed by atoms with van der Waals surface area (Å²) < 4.78 is 5.84. The number of ether oxygens (including phenoxy) is 1. The van der Waals surface area contributed by atoms with E-state index in [0.29, 0.717) is 23.8 Å². The maximum atomic E-state index is 12.4. The van der Waals surface area contributed by atoms with E-state index in [1.54, 1.807) is 13.1 Å². The number of carboxylic acids is 1. The molecule has 2 rings (SSSR count). The van der Waals surface area contributed by atoms with Crippen LogP contribution in [0.15, 0.2) is 12.1 Å². The minimum Gasteiger partial charge on any atom is -0.480 e. The lowest BCUT2D eigenvalue weighted by molar-refractivity contribution is -0.141. The number of carbonyl (C=O) groups is 2. The monoisotopic (exact) mass is 332 g/mol. The molecule has 2 amide bonds. The molecule has 21 heavy (non-hydrogen) atoms. The number of carboxylic acid groups (broad SMARTS) is 1. The lowest BCUT2D eigenvalue weighted by Crippen LogP contribution is -2.46. The van der Waals surface area contributed by atoms with Gasteiger partial charge in [-0.15, -0.1) is 11.3 Å². The van der Waals surface area contributed by atoms with Crippen molar-refractivity contribution in [2.45, 2.75) is 25.1 Å². The molecule has 0 aromatic carbocycles. The highest BCUT2D eigenvalue weighted by Crippen LogP contribution is 2.25. The van der Waals surface area contributed by atoms with E-state index >= 15 is 0 Å². The average molecular weight is 333 g/mol. The molecule has 8 heteroatoms. The van der Waals surface area contributed by atoms with Crippen LogP contribution in [0, 0.1) is 0 Å². The van der Waals surface area contributed by atoms with Gasteiger partial charge < -0.3 is 19.6 Å². The Kier molecular flexibility index (Phi) is 5.08. The SMILES string of the molecule is COC1CC(C(=O)O)N(C(=O)N(C)Cc2ccc(Cl)s2)C1. The van der Waals surface area contributed by atoms with Gasteiger partial charge in [0.1, 0.15) is 6.04 Å². The Bertz CT molecular complexity index is 536. The van der Waals surface area contributed by atoms with Crippen LogP contribution in [0.25, 0.3) is 0 Å². The number of hydrogen-bond donors (Lipinski definition) is 1. The highest BCUT2D eigenvalue weighted by Gasteiger charge is 2.40. The summed E-state index contributed by atoms with van der Waals surface area (Å²) in [5.74, 6) is -1.00. The van der Waals surface area contributed by atoms with Crippen molar-refractivity contribution in [3.05, 3.63) is 21.3 Å². The topological polar surface area (TPSA) is 70.1 Å². The van der Waals surface area contributed by atoms with Gasteiger partial charge >= 0.3 is 12.0 Å². The van der Waals surface area contributed by atoms with Gasteiger partial charge in [0.05, 0.1) is 17.0 Å². The Morgan fingerprint density at radius 1 is 1.57 bits per heavy atom. The Morgan fingerprint density at radius 2 is 2.29 bits per heavy atom. The molecule has 1 aliphatic heterocycles. The first-order valence-corrected chi connectivity index (χ1v) is 7.63. The van der Waals surface area contributed by atoms with Crippen molar-refractivity contribution in [3.63, 3.8) is 0 Å². The zero-order valence-corrected chi connectivity index (χ0v) is 13.4. The largest absolute Gasteiger partial charge is 0.480 e. The molecule has 0 saturated carbocycles. The van der Waals surface area contributed by atoms with Crippen molar-refractivity contribution in [1.29, 1.82) is 0 Å². The summed E-state index contributed by atoms with van der Waals surface area (Å²) >= 11 is 7.26. The molecule has 1 fully saturated rings. The normalized spacial score (nSPS) is 21.6. The number of thiophene rings is 1. The minimum atomic E-state index is -1.00. The van der Waals surface area contributed by atoms with E-state index in [-0.39, 0.29) is 12.1 Å². The van der Waals surface area contributed by atoms with Gasteiger partial charge in [0, 0.05) is 32.0 Å². The molecule has 1 aromatic heterocycles.